The van der Waals surface area contributed by atoms with Gasteiger partial charge in [-0.05, 0) is 18.9 Å². The van der Waals surface area contributed by atoms with Gasteiger partial charge in [0.2, 0.25) is 0 Å². The van der Waals surface area contributed by atoms with Crippen LogP contribution in [0, 0.1) is 5.92 Å². The van der Waals surface area contributed by atoms with Gasteiger partial charge in [-0.15, -0.1) is 0 Å². The molecule has 1 atom stereocenters. The molecule has 1 aromatic rings. The van der Waals surface area contributed by atoms with Crippen LogP contribution in [0.15, 0.2) is 24.3 Å². The van der Waals surface area contributed by atoms with E-state index < -0.39 is 0 Å². The summed E-state index contributed by atoms with van der Waals surface area (Å²) >= 11 is 0. The van der Waals surface area contributed by atoms with Crippen LogP contribution in [0.5, 0.6) is 5.75 Å². The number of benzene rings is 1. The third-order valence-corrected chi connectivity index (χ3v) is 2.83. The van der Waals surface area contributed by atoms with Crippen molar-refractivity contribution < 1.29 is 9.84 Å². The molecule has 0 spiro atoms. The average molecular weight is 237 g/mol. The molecular formula is C14H23NO2. The number of nitrogens with one attached hydrogen (secondary N) is 1. The van der Waals surface area contributed by atoms with Crippen molar-refractivity contribution in [3.8, 4) is 5.75 Å². The van der Waals surface area contributed by atoms with Crippen molar-refractivity contribution >= 4 is 0 Å². The van der Waals surface area contributed by atoms with E-state index in [0.29, 0.717) is 12.5 Å². The van der Waals surface area contributed by atoms with E-state index in [0.717, 1.165) is 17.9 Å². The van der Waals surface area contributed by atoms with Gasteiger partial charge < -0.3 is 15.2 Å². The fraction of sp³-hybridized carbons (Fsp3) is 0.571. The fourth-order valence-corrected chi connectivity index (χ4v) is 1.70. The summed E-state index contributed by atoms with van der Waals surface area (Å²) in [7, 11) is 0. The first-order chi connectivity index (χ1) is 8.19. The zero-order valence-corrected chi connectivity index (χ0v) is 10.9. The molecule has 0 aromatic heterocycles. The molecule has 3 heteroatoms. The molecule has 0 bridgehead atoms. The Bertz CT molecular complexity index is 326. The number of aliphatic hydroxyl groups is 1. The van der Waals surface area contributed by atoms with Gasteiger partial charge in [0.05, 0.1) is 13.2 Å². The molecule has 0 aliphatic rings. The summed E-state index contributed by atoms with van der Waals surface area (Å²) < 4.78 is 5.56. The van der Waals surface area contributed by atoms with Crippen LogP contribution in [-0.4, -0.2) is 24.4 Å². The molecule has 0 radical (unpaired) electrons. The highest BCUT2D eigenvalue weighted by Crippen LogP contribution is 2.18. The van der Waals surface area contributed by atoms with Crippen molar-refractivity contribution in [1.29, 1.82) is 0 Å². The molecule has 17 heavy (non-hydrogen) atoms. The number of rotatable bonds is 7. The second-order valence-electron chi connectivity index (χ2n) is 4.45. The largest absolute Gasteiger partial charge is 0.494 e. The second-order valence-corrected chi connectivity index (χ2v) is 4.45. The van der Waals surface area contributed by atoms with Crippen LogP contribution in [0.3, 0.4) is 0 Å². The van der Waals surface area contributed by atoms with E-state index in [-0.39, 0.29) is 12.6 Å². The maximum Gasteiger partial charge on any atom is 0.123 e. The summed E-state index contributed by atoms with van der Waals surface area (Å²) in [4.78, 5) is 0. The van der Waals surface area contributed by atoms with Gasteiger partial charge in [-0.3, -0.25) is 0 Å². The van der Waals surface area contributed by atoms with E-state index in [9.17, 15) is 5.11 Å². The first-order valence-corrected chi connectivity index (χ1v) is 6.24. The van der Waals surface area contributed by atoms with Crippen molar-refractivity contribution in [3.63, 3.8) is 0 Å². The van der Waals surface area contributed by atoms with Crippen molar-refractivity contribution in [2.45, 2.75) is 33.4 Å². The molecule has 0 fully saturated rings. The second kappa shape index (κ2) is 7.30. The molecule has 0 amide bonds. The Morgan fingerprint density at radius 3 is 2.59 bits per heavy atom. The Labute approximate surface area is 104 Å². The zero-order chi connectivity index (χ0) is 12.7. The summed E-state index contributed by atoms with van der Waals surface area (Å²) in [5, 5.41) is 12.6. The molecule has 2 N–H and O–H groups in total. The third-order valence-electron chi connectivity index (χ3n) is 2.83. The van der Waals surface area contributed by atoms with Gasteiger partial charge in [0.15, 0.2) is 0 Å². The number of aliphatic hydroxyl groups excluding tert-OH is 1. The van der Waals surface area contributed by atoms with Gasteiger partial charge in [-0.25, -0.2) is 0 Å². The van der Waals surface area contributed by atoms with Crippen LogP contribution < -0.4 is 10.1 Å². The highest BCUT2D eigenvalue weighted by molar-refractivity contribution is 5.33. The zero-order valence-electron chi connectivity index (χ0n) is 10.9. The van der Waals surface area contributed by atoms with Crippen LogP contribution in [-0.2, 0) is 6.54 Å². The molecule has 3 nitrogen and oxygen atoms in total. The maximum absolute atomic E-state index is 9.25. The van der Waals surface area contributed by atoms with Gasteiger partial charge in [0.25, 0.3) is 0 Å². The molecular weight excluding hydrogens is 214 g/mol. The molecule has 0 saturated heterocycles. The monoisotopic (exact) mass is 237 g/mol. The average Bonchev–Trinajstić information content (AvgIpc) is 2.32. The number of hydrogen-bond acceptors (Lipinski definition) is 3. The standard InChI is InChI=1S/C14H23NO2/c1-4-17-14-8-6-5-7-12(14)9-15-13(10-16)11(2)3/h5-8,11,13,15-16H,4,9-10H2,1-3H3/t13-/m1/s1. The minimum atomic E-state index is 0.129. The van der Waals surface area contributed by atoms with Crippen molar-refractivity contribution in [3.05, 3.63) is 29.8 Å². The SMILES string of the molecule is CCOc1ccccc1CN[C@H](CO)C(C)C. The van der Waals surface area contributed by atoms with Gasteiger partial charge in [0, 0.05) is 18.2 Å². The van der Waals surface area contributed by atoms with E-state index in [2.05, 4.69) is 19.2 Å². The Morgan fingerprint density at radius 2 is 2.00 bits per heavy atom. The van der Waals surface area contributed by atoms with Crippen molar-refractivity contribution in [1.82, 2.24) is 5.32 Å². The quantitative estimate of drug-likeness (QED) is 0.764. The molecule has 96 valence electrons. The van der Waals surface area contributed by atoms with Gasteiger partial charge in [-0.2, -0.15) is 0 Å². The summed E-state index contributed by atoms with van der Waals surface area (Å²) in [6, 6.07) is 8.13. The highest BCUT2D eigenvalue weighted by atomic mass is 16.5. The van der Waals surface area contributed by atoms with E-state index in [4.69, 9.17) is 4.74 Å². The summed E-state index contributed by atoms with van der Waals surface area (Å²) in [6.07, 6.45) is 0. The molecule has 1 rings (SSSR count). The van der Waals surface area contributed by atoms with Crippen LogP contribution in [0.1, 0.15) is 26.3 Å². The lowest BCUT2D eigenvalue weighted by Gasteiger charge is -2.20. The smallest absolute Gasteiger partial charge is 0.123 e. The topological polar surface area (TPSA) is 41.5 Å². The summed E-state index contributed by atoms with van der Waals surface area (Å²) in [5.41, 5.74) is 1.13. The molecule has 0 unspecified atom stereocenters. The Hall–Kier alpha value is -1.06. The van der Waals surface area contributed by atoms with Gasteiger partial charge in [0.1, 0.15) is 5.75 Å². The van der Waals surface area contributed by atoms with E-state index in [1.54, 1.807) is 0 Å². The predicted molar refractivity (Wildman–Crippen MR) is 70.2 cm³/mol. The lowest BCUT2D eigenvalue weighted by atomic mass is 10.0. The van der Waals surface area contributed by atoms with Crippen LogP contribution in [0.2, 0.25) is 0 Å². The van der Waals surface area contributed by atoms with E-state index >= 15 is 0 Å². The Kier molecular flexibility index (Phi) is 6.01. The van der Waals surface area contributed by atoms with Crippen molar-refractivity contribution in [2.24, 2.45) is 5.92 Å². The van der Waals surface area contributed by atoms with Crippen LogP contribution in [0.4, 0.5) is 0 Å². The van der Waals surface area contributed by atoms with Gasteiger partial charge in [-0.1, -0.05) is 32.0 Å². The fourth-order valence-electron chi connectivity index (χ4n) is 1.70. The predicted octanol–water partition coefficient (Wildman–Crippen LogP) is 2.19. The minimum absolute atomic E-state index is 0.129. The minimum Gasteiger partial charge on any atom is -0.494 e. The first-order valence-electron chi connectivity index (χ1n) is 6.24. The number of para-hydroxylation sites is 1. The summed E-state index contributed by atoms with van der Waals surface area (Å²) in [5.74, 6) is 1.34. The van der Waals surface area contributed by atoms with Crippen LogP contribution in [0.25, 0.3) is 0 Å². The molecule has 0 heterocycles. The number of hydrogen-bond donors (Lipinski definition) is 2. The molecule has 0 aliphatic carbocycles. The Morgan fingerprint density at radius 1 is 1.29 bits per heavy atom. The molecule has 0 saturated carbocycles. The lowest BCUT2D eigenvalue weighted by Crippen LogP contribution is -2.36. The maximum atomic E-state index is 9.25. The first kappa shape index (κ1) is 14.0. The van der Waals surface area contributed by atoms with Crippen LogP contribution >= 0.6 is 0 Å². The lowest BCUT2D eigenvalue weighted by molar-refractivity contribution is 0.209. The third kappa shape index (κ3) is 4.36. The Balaban J connectivity index is 2.61. The van der Waals surface area contributed by atoms with E-state index in [1.807, 2.05) is 31.2 Å². The number of ether oxygens (including phenoxy) is 1. The normalized spacial score (nSPS) is 12.8. The van der Waals surface area contributed by atoms with E-state index in [1.165, 1.54) is 0 Å². The molecule has 0 aliphatic heterocycles. The highest BCUT2D eigenvalue weighted by Gasteiger charge is 2.12. The summed E-state index contributed by atoms with van der Waals surface area (Å²) in [6.45, 7) is 7.73. The molecule has 1 aromatic carbocycles. The van der Waals surface area contributed by atoms with Gasteiger partial charge >= 0.3 is 0 Å². The van der Waals surface area contributed by atoms with Crippen molar-refractivity contribution in [2.75, 3.05) is 13.2 Å².